The predicted octanol–water partition coefficient (Wildman–Crippen LogP) is 11.2. The molecule has 4 heteroatoms. The smallest absolute Gasteiger partial charge is 0.0639 e. The van der Waals surface area contributed by atoms with Gasteiger partial charge in [0.15, 0.2) is 0 Å². The average molecular weight is 629 g/mol. The molecule has 2 nitrogen and oxygen atoms in total. The second-order valence-corrected chi connectivity index (χ2v) is 19.5. The van der Waals surface area contributed by atoms with Crippen LogP contribution in [0.4, 0.5) is 0 Å². The van der Waals surface area contributed by atoms with Crippen LogP contribution in [0, 0.1) is 0 Å². The second kappa shape index (κ2) is 13.9. The third kappa shape index (κ3) is 7.35. The number of hydrogen-bond donors (Lipinski definition) is 0. The molecule has 2 unspecified atom stereocenters. The van der Waals surface area contributed by atoms with Crippen molar-refractivity contribution in [1.82, 2.24) is 9.97 Å². The normalized spacial score (nSPS) is 13.7. The Kier molecular flexibility index (Phi) is 10.2. The van der Waals surface area contributed by atoms with Crippen LogP contribution in [-0.4, -0.2) is 20.3 Å². The maximum Gasteiger partial charge on any atom is 0.0639 e. The maximum absolute atomic E-state index is 4.90. The minimum Gasteiger partial charge on any atom is -0.257 e. The molecule has 230 valence electrons. The molecule has 0 aliphatic rings. The van der Waals surface area contributed by atoms with Crippen LogP contribution < -0.4 is 10.9 Å². The van der Waals surface area contributed by atoms with Crippen LogP contribution in [0.3, 0.4) is 0 Å². The lowest BCUT2D eigenvalue weighted by Crippen LogP contribution is -2.23. The minimum atomic E-state index is -0.608. The highest BCUT2D eigenvalue weighted by Gasteiger charge is 2.31. The highest BCUT2D eigenvalue weighted by molar-refractivity contribution is 7.66. The third-order valence-electron chi connectivity index (χ3n) is 8.31. The van der Waals surface area contributed by atoms with E-state index in [0.29, 0.717) is 0 Å². The summed E-state index contributed by atoms with van der Waals surface area (Å²) in [5, 5.41) is 2.72. The summed E-state index contributed by atoms with van der Waals surface area (Å²) >= 11 is 0. The zero-order chi connectivity index (χ0) is 32.2. The summed E-state index contributed by atoms with van der Waals surface area (Å²) in [5.74, 6) is 0. The number of allylic oxidation sites excluding steroid dienone is 1. The fourth-order valence-corrected chi connectivity index (χ4v) is 10.9. The van der Waals surface area contributed by atoms with E-state index in [1.807, 2.05) is 24.5 Å². The van der Waals surface area contributed by atoms with Crippen LogP contribution in [0.5, 0.6) is 0 Å². The van der Waals surface area contributed by atoms with Crippen LogP contribution >= 0.6 is 15.8 Å². The van der Waals surface area contributed by atoms with Gasteiger partial charge in [0, 0.05) is 12.4 Å². The van der Waals surface area contributed by atoms with Crippen molar-refractivity contribution < 1.29 is 0 Å². The molecular weight excluding hydrogens is 582 g/mol. The summed E-state index contributed by atoms with van der Waals surface area (Å²) in [4.78, 5) is 9.79. The molecule has 0 N–H and O–H groups in total. The summed E-state index contributed by atoms with van der Waals surface area (Å²) in [6, 6.07) is 30.9. The lowest BCUT2D eigenvalue weighted by Gasteiger charge is -2.33. The molecule has 0 amide bonds. The van der Waals surface area contributed by atoms with Gasteiger partial charge in [-0.05, 0) is 114 Å². The Morgan fingerprint density at radius 3 is 1.69 bits per heavy atom. The SMILES string of the molecule is C=Cc1c(/C=C\C)ccc(CP(c2ccccn2)C(C)(C)C)c1-c1c(CP(c2ccccn2)C(C)(C)C)ccc2ccccc12. The molecular formula is C41H46N2P2. The van der Waals surface area contributed by atoms with Gasteiger partial charge in [0.1, 0.15) is 0 Å². The van der Waals surface area contributed by atoms with E-state index in [9.17, 15) is 0 Å². The van der Waals surface area contributed by atoms with Gasteiger partial charge in [0.05, 0.1) is 10.9 Å². The molecule has 0 spiro atoms. The number of hydrogen-bond acceptors (Lipinski definition) is 2. The van der Waals surface area contributed by atoms with Crippen LogP contribution in [0.1, 0.15) is 70.7 Å². The minimum absolute atomic E-state index is 0.0818. The first-order valence-corrected chi connectivity index (χ1v) is 18.9. The fourth-order valence-electron chi connectivity index (χ4n) is 6.09. The Hall–Kier alpha value is -3.44. The topological polar surface area (TPSA) is 25.8 Å². The van der Waals surface area contributed by atoms with Gasteiger partial charge in [-0.2, -0.15) is 0 Å². The van der Waals surface area contributed by atoms with Gasteiger partial charge in [0.2, 0.25) is 0 Å². The molecule has 45 heavy (non-hydrogen) atoms. The van der Waals surface area contributed by atoms with Gasteiger partial charge in [-0.15, -0.1) is 0 Å². The Labute approximate surface area is 273 Å². The van der Waals surface area contributed by atoms with Gasteiger partial charge < -0.3 is 0 Å². The molecule has 3 aromatic carbocycles. The first-order chi connectivity index (χ1) is 21.5. The second-order valence-electron chi connectivity index (χ2n) is 13.5. The Morgan fingerprint density at radius 2 is 1.18 bits per heavy atom. The zero-order valence-corrected chi connectivity index (χ0v) is 29.7. The summed E-state index contributed by atoms with van der Waals surface area (Å²) in [6.45, 7) is 20.7. The number of benzene rings is 3. The number of pyridine rings is 2. The van der Waals surface area contributed by atoms with E-state index in [-0.39, 0.29) is 10.3 Å². The first kappa shape index (κ1) is 32.9. The molecule has 5 rings (SSSR count). The number of nitrogens with zero attached hydrogens (tertiary/aromatic N) is 2. The highest BCUT2D eigenvalue weighted by atomic mass is 31.1. The van der Waals surface area contributed by atoms with E-state index in [0.717, 1.165) is 12.3 Å². The maximum atomic E-state index is 4.90. The lowest BCUT2D eigenvalue weighted by atomic mass is 9.86. The van der Waals surface area contributed by atoms with Gasteiger partial charge in [-0.25, -0.2) is 0 Å². The Morgan fingerprint density at radius 1 is 0.644 bits per heavy atom. The quantitative estimate of drug-likeness (QED) is 0.152. The summed E-state index contributed by atoms with van der Waals surface area (Å²) < 4.78 is 0. The van der Waals surface area contributed by atoms with Crippen LogP contribution in [0.15, 0.2) is 110 Å². The fraction of sp³-hybridized carbons (Fsp3) is 0.268. The van der Waals surface area contributed by atoms with Crippen molar-refractivity contribution in [1.29, 1.82) is 0 Å². The van der Waals surface area contributed by atoms with Crippen molar-refractivity contribution in [3.05, 3.63) is 132 Å². The molecule has 2 heterocycles. The molecule has 5 aromatic rings. The van der Waals surface area contributed by atoms with E-state index < -0.39 is 15.8 Å². The van der Waals surface area contributed by atoms with Crippen LogP contribution in [0.25, 0.3) is 34.1 Å². The predicted molar refractivity (Wildman–Crippen MR) is 203 cm³/mol. The molecule has 0 fully saturated rings. The lowest BCUT2D eigenvalue weighted by molar-refractivity contribution is 0.784. The van der Waals surface area contributed by atoms with Gasteiger partial charge in [0.25, 0.3) is 0 Å². The standard InChI is InChI=1S/C41H46N2P2/c1-9-17-30-22-24-32(28-44(40(3,4)5)36-20-13-15-26-42-36)38(34(30)10-2)39-33(25-23-31-18-11-12-19-35(31)39)29-45(41(6,7)8)37-21-14-16-27-43-37/h9-27H,2,28-29H2,1,3-8H3/b17-9-. The van der Waals surface area contributed by atoms with E-state index in [1.165, 1.54) is 55.0 Å². The van der Waals surface area contributed by atoms with Crippen molar-refractivity contribution in [2.75, 3.05) is 0 Å². The molecule has 0 radical (unpaired) electrons. The molecule has 0 aliphatic heterocycles. The number of aromatic nitrogens is 2. The average Bonchev–Trinajstić information content (AvgIpc) is 3.02. The van der Waals surface area contributed by atoms with Crippen molar-refractivity contribution >= 4 is 49.6 Å². The van der Waals surface area contributed by atoms with Gasteiger partial charge in [-0.1, -0.05) is 127 Å². The number of rotatable bonds is 9. The van der Waals surface area contributed by atoms with E-state index in [2.05, 4.69) is 146 Å². The molecule has 0 aliphatic carbocycles. The Bertz CT molecular complexity index is 1800. The van der Waals surface area contributed by atoms with E-state index >= 15 is 0 Å². The first-order valence-electron chi connectivity index (χ1n) is 15.8. The highest BCUT2D eigenvalue weighted by Crippen LogP contribution is 2.55. The summed E-state index contributed by atoms with van der Waals surface area (Å²) in [6.07, 6.45) is 12.2. The van der Waals surface area contributed by atoms with Crippen molar-refractivity contribution in [3.63, 3.8) is 0 Å². The summed E-state index contributed by atoms with van der Waals surface area (Å²) in [7, 11) is -1.21. The van der Waals surface area contributed by atoms with Crippen LogP contribution in [-0.2, 0) is 12.3 Å². The van der Waals surface area contributed by atoms with E-state index in [4.69, 9.17) is 9.97 Å². The largest absolute Gasteiger partial charge is 0.257 e. The van der Waals surface area contributed by atoms with E-state index in [1.54, 1.807) is 0 Å². The van der Waals surface area contributed by atoms with Gasteiger partial charge in [-0.3, -0.25) is 9.97 Å². The molecule has 0 bridgehead atoms. The summed E-state index contributed by atoms with van der Waals surface area (Å²) in [5.41, 5.74) is 10.2. The number of fused-ring (bicyclic) bond motifs is 1. The molecule has 2 aromatic heterocycles. The molecule has 0 saturated carbocycles. The monoisotopic (exact) mass is 628 g/mol. The molecule has 2 atom stereocenters. The van der Waals surface area contributed by atoms with Gasteiger partial charge >= 0.3 is 0 Å². The van der Waals surface area contributed by atoms with Crippen molar-refractivity contribution in [2.24, 2.45) is 0 Å². The van der Waals surface area contributed by atoms with Crippen LogP contribution in [0.2, 0.25) is 0 Å². The molecule has 0 saturated heterocycles. The van der Waals surface area contributed by atoms with Crippen molar-refractivity contribution in [3.8, 4) is 11.1 Å². The van der Waals surface area contributed by atoms with Crippen molar-refractivity contribution in [2.45, 2.75) is 71.1 Å². The Balaban J connectivity index is 1.82. The third-order valence-corrected chi connectivity index (χ3v) is 14.5. The zero-order valence-electron chi connectivity index (χ0n) is 27.9.